The zero-order chi connectivity index (χ0) is 16.4. The van der Waals surface area contributed by atoms with Gasteiger partial charge in [-0.1, -0.05) is 0 Å². The van der Waals surface area contributed by atoms with Gasteiger partial charge in [0, 0.05) is 36.3 Å². The number of ketones is 1. The molecule has 2 saturated heterocycles. The SMILES string of the molecule is COc1ccc(C(C)=O)cc1CC(=O)N1CCC2CCC(C1)N2.Cl. The normalized spacial score (nSPS) is 22.5. The van der Waals surface area contributed by atoms with Crippen molar-refractivity contribution in [1.82, 2.24) is 10.2 Å². The summed E-state index contributed by atoms with van der Waals surface area (Å²) in [4.78, 5) is 26.2. The van der Waals surface area contributed by atoms with Crippen LogP contribution < -0.4 is 10.1 Å². The van der Waals surface area contributed by atoms with Gasteiger partial charge in [-0.3, -0.25) is 9.59 Å². The topological polar surface area (TPSA) is 58.6 Å². The number of carbonyl (C=O) groups is 2. The van der Waals surface area contributed by atoms with Crippen LogP contribution in [-0.4, -0.2) is 48.9 Å². The van der Waals surface area contributed by atoms with E-state index in [1.54, 1.807) is 25.3 Å². The van der Waals surface area contributed by atoms with Crippen LogP contribution in [0.5, 0.6) is 5.75 Å². The lowest BCUT2D eigenvalue weighted by Gasteiger charge is -2.24. The number of halogens is 1. The predicted molar refractivity (Wildman–Crippen MR) is 95.1 cm³/mol. The van der Waals surface area contributed by atoms with Gasteiger partial charge in [-0.25, -0.2) is 0 Å². The number of likely N-dealkylation sites (tertiary alicyclic amines) is 1. The number of rotatable bonds is 4. The highest BCUT2D eigenvalue weighted by Crippen LogP contribution is 2.24. The summed E-state index contributed by atoms with van der Waals surface area (Å²) in [5.41, 5.74) is 1.40. The molecular formula is C18H25ClN2O3. The van der Waals surface area contributed by atoms with E-state index in [0.29, 0.717) is 23.4 Å². The minimum atomic E-state index is -0.00219. The molecule has 0 aromatic heterocycles. The number of nitrogens with zero attached hydrogens (tertiary/aromatic N) is 1. The first-order chi connectivity index (χ1) is 11.1. The number of nitrogens with one attached hydrogen (secondary N) is 1. The van der Waals surface area contributed by atoms with Crippen LogP contribution >= 0.6 is 12.4 Å². The molecule has 5 nitrogen and oxygen atoms in total. The summed E-state index contributed by atoms with van der Waals surface area (Å²) in [6, 6.07) is 6.28. The van der Waals surface area contributed by atoms with Crippen LogP contribution in [0.3, 0.4) is 0 Å². The number of hydrogen-bond donors (Lipinski definition) is 1. The van der Waals surface area contributed by atoms with Gasteiger partial charge >= 0.3 is 0 Å². The van der Waals surface area contributed by atoms with Crippen molar-refractivity contribution < 1.29 is 14.3 Å². The van der Waals surface area contributed by atoms with E-state index in [2.05, 4.69) is 5.32 Å². The highest BCUT2D eigenvalue weighted by atomic mass is 35.5. The van der Waals surface area contributed by atoms with Gasteiger partial charge in [-0.05, 0) is 44.4 Å². The van der Waals surface area contributed by atoms with Gasteiger partial charge in [0.15, 0.2) is 5.78 Å². The molecule has 6 heteroatoms. The van der Waals surface area contributed by atoms with Crippen molar-refractivity contribution in [3.05, 3.63) is 29.3 Å². The van der Waals surface area contributed by atoms with E-state index in [9.17, 15) is 9.59 Å². The molecule has 0 saturated carbocycles. The Balaban J connectivity index is 0.00000208. The summed E-state index contributed by atoms with van der Waals surface area (Å²) in [5, 5.41) is 3.58. The van der Waals surface area contributed by atoms with Gasteiger partial charge in [0.25, 0.3) is 0 Å². The molecule has 1 aromatic rings. The first-order valence-corrected chi connectivity index (χ1v) is 8.28. The second-order valence-electron chi connectivity index (χ2n) is 6.53. The molecule has 1 aromatic carbocycles. The summed E-state index contributed by atoms with van der Waals surface area (Å²) in [5.74, 6) is 0.772. The van der Waals surface area contributed by atoms with Crippen molar-refractivity contribution in [2.45, 2.75) is 44.7 Å². The quantitative estimate of drug-likeness (QED) is 0.844. The maximum absolute atomic E-state index is 12.7. The third-order valence-electron chi connectivity index (χ3n) is 4.90. The molecule has 2 bridgehead atoms. The van der Waals surface area contributed by atoms with Crippen molar-refractivity contribution in [3.63, 3.8) is 0 Å². The van der Waals surface area contributed by atoms with Crippen LogP contribution in [0.1, 0.15) is 42.1 Å². The lowest BCUT2D eigenvalue weighted by Crippen LogP contribution is -2.39. The lowest BCUT2D eigenvalue weighted by atomic mass is 10.0. The van der Waals surface area contributed by atoms with E-state index in [4.69, 9.17) is 4.74 Å². The molecule has 2 atom stereocenters. The fraction of sp³-hybridized carbons (Fsp3) is 0.556. The molecule has 2 aliphatic heterocycles. The van der Waals surface area contributed by atoms with E-state index in [1.807, 2.05) is 4.90 Å². The molecule has 0 radical (unpaired) electrons. The Morgan fingerprint density at radius 2 is 2.00 bits per heavy atom. The smallest absolute Gasteiger partial charge is 0.227 e. The van der Waals surface area contributed by atoms with Gasteiger partial charge in [-0.2, -0.15) is 0 Å². The van der Waals surface area contributed by atoms with Crippen LogP contribution in [0, 0.1) is 0 Å². The number of amides is 1. The fourth-order valence-electron chi connectivity index (χ4n) is 3.58. The third-order valence-corrected chi connectivity index (χ3v) is 4.90. The second-order valence-corrected chi connectivity index (χ2v) is 6.53. The molecule has 3 rings (SSSR count). The fourth-order valence-corrected chi connectivity index (χ4v) is 3.58. The van der Waals surface area contributed by atoms with Crippen LogP contribution in [0.4, 0.5) is 0 Å². The van der Waals surface area contributed by atoms with Gasteiger partial charge in [0.05, 0.1) is 13.5 Å². The van der Waals surface area contributed by atoms with Gasteiger partial charge in [0.2, 0.25) is 5.91 Å². The van der Waals surface area contributed by atoms with Crippen molar-refractivity contribution in [2.24, 2.45) is 0 Å². The Labute approximate surface area is 149 Å². The molecule has 1 N–H and O–H groups in total. The summed E-state index contributed by atoms with van der Waals surface area (Å²) in [6.45, 7) is 3.12. The zero-order valence-electron chi connectivity index (χ0n) is 14.2. The molecule has 0 spiro atoms. The molecular weight excluding hydrogens is 328 g/mol. The number of methoxy groups -OCH3 is 1. The summed E-state index contributed by atoms with van der Waals surface area (Å²) >= 11 is 0. The van der Waals surface area contributed by atoms with Crippen molar-refractivity contribution in [2.75, 3.05) is 20.2 Å². The zero-order valence-corrected chi connectivity index (χ0v) is 15.0. The predicted octanol–water partition coefficient (Wildman–Crippen LogP) is 2.22. The molecule has 132 valence electrons. The maximum atomic E-state index is 12.7. The third kappa shape index (κ3) is 4.08. The van der Waals surface area contributed by atoms with Crippen molar-refractivity contribution in [1.29, 1.82) is 0 Å². The standard InChI is InChI=1S/C18H24N2O3.ClH/c1-12(21)13-3-6-17(23-2)14(9-13)10-18(22)20-8-7-15-4-5-16(11-20)19-15;/h3,6,9,15-16,19H,4-5,7-8,10-11H2,1-2H3;1H. The van der Waals surface area contributed by atoms with Gasteiger partial charge in [-0.15, -0.1) is 12.4 Å². The van der Waals surface area contributed by atoms with E-state index in [0.717, 1.165) is 31.5 Å². The van der Waals surface area contributed by atoms with Crippen LogP contribution in [0.25, 0.3) is 0 Å². The number of benzene rings is 1. The summed E-state index contributed by atoms with van der Waals surface area (Å²) in [6.07, 6.45) is 3.67. The number of fused-ring (bicyclic) bond motifs is 2. The Morgan fingerprint density at radius 1 is 1.25 bits per heavy atom. The summed E-state index contributed by atoms with van der Waals surface area (Å²) in [7, 11) is 1.59. The van der Waals surface area contributed by atoms with E-state index >= 15 is 0 Å². The Kier molecular flexibility index (Phi) is 6.24. The molecule has 2 fully saturated rings. The largest absolute Gasteiger partial charge is 0.496 e. The Hall–Kier alpha value is -1.59. The molecule has 2 unspecified atom stereocenters. The van der Waals surface area contributed by atoms with Crippen LogP contribution in [0.2, 0.25) is 0 Å². The number of carbonyl (C=O) groups excluding carboxylic acids is 2. The van der Waals surface area contributed by atoms with Crippen molar-refractivity contribution in [3.8, 4) is 5.75 Å². The Morgan fingerprint density at radius 3 is 2.71 bits per heavy atom. The minimum absolute atomic E-state index is 0. The number of hydrogen-bond acceptors (Lipinski definition) is 4. The molecule has 0 aliphatic carbocycles. The van der Waals surface area contributed by atoms with E-state index < -0.39 is 0 Å². The molecule has 2 heterocycles. The van der Waals surface area contributed by atoms with Gasteiger partial charge in [0.1, 0.15) is 5.75 Å². The minimum Gasteiger partial charge on any atom is -0.496 e. The summed E-state index contributed by atoms with van der Waals surface area (Å²) < 4.78 is 5.35. The van der Waals surface area contributed by atoms with Crippen LogP contribution in [0.15, 0.2) is 18.2 Å². The molecule has 24 heavy (non-hydrogen) atoms. The first kappa shape index (κ1) is 18.7. The average Bonchev–Trinajstić information content (AvgIpc) is 2.86. The lowest BCUT2D eigenvalue weighted by molar-refractivity contribution is -0.130. The molecule has 1 amide bonds. The average molecular weight is 353 g/mol. The number of Topliss-reactive ketones (excluding diaryl/α,β-unsaturated/α-hetero) is 1. The Bertz CT molecular complexity index is 620. The highest BCUT2D eigenvalue weighted by Gasteiger charge is 2.31. The maximum Gasteiger partial charge on any atom is 0.227 e. The number of ether oxygens (including phenoxy) is 1. The highest BCUT2D eigenvalue weighted by molar-refractivity contribution is 5.94. The van der Waals surface area contributed by atoms with Crippen LogP contribution in [-0.2, 0) is 11.2 Å². The van der Waals surface area contributed by atoms with Gasteiger partial charge < -0.3 is 15.0 Å². The second kappa shape index (κ2) is 7.99. The van der Waals surface area contributed by atoms with E-state index in [-0.39, 0.29) is 30.5 Å². The van der Waals surface area contributed by atoms with E-state index in [1.165, 1.54) is 13.3 Å². The monoisotopic (exact) mass is 352 g/mol. The molecule has 2 aliphatic rings. The first-order valence-electron chi connectivity index (χ1n) is 8.28. The van der Waals surface area contributed by atoms with Crippen molar-refractivity contribution >= 4 is 24.1 Å².